The van der Waals surface area contributed by atoms with Gasteiger partial charge in [-0.2, -0.15) is 4.31 Å². The molecule has 0 bridgehead atoms. The van der Waals surface area contributed by atoms with Crippen LogP contribution < -0.4 is 5.73 Å². The lowest BCUT2D eigenvalue weighted by atomic mass is 9.96. The van der Waals surface area contributed by atoms with E-state index in [1.807, 2.05) is 31.2 Å². The lowest BCUT2D eigenvalue weighted by Crippen LogP contribution is -2.51. The molecular weight excluding hydrogens is 332 g/mol. The van der Waals surface area contributed by atoms with Gasteiger partial charge in [-0.3, -0.25) is 4.79 Å². The molecule has 1 aliphatic rings. The summed E-state index contributed by atoms with van der Waals surface area (Å²) in [5, 5.41) is 0. The molecule has 5 nitrogen and oxygen atoms in total. The third-order valence-corrected chi connectivity index (χ3v) is 7.19. The molecule has 1 aromatic carbocycles. The van der Waals surface area contributed by atoms with Gasteiger partial charge < -0.3 is 5.73 Å². The number of primary amides is 1. The SMILES string of the molecule is Cc1cc(S(=O)(=O)N2Cc3ccccc3C[C@H]2C(N)=O)c(C)s1. The van der Waals surface area contributed by atoms with E-state index in [2.05, 4.69) is 0 Å². The molecule has 0 fully saturated rings. The predicted octanol–water partition coefficient (Wildman–Crippen LogP) is 1.97. The maximum absolute atomic E-state index is 13.1. The monoisotopic (exact) mass is 350 g/mol. The van der Waals surface area contributed by atoms with Crippen molar-refractivity contribution in [3.63, 3.8) is 0 Å². The Balaban J connectivity index is 2.09. The Morgan fingerprint density at radius 1 is 1.26 bits per heavy atom. The number of nitrogens with zero attached hydrogens (tertiary/aromatic N) is 1. The van der Waals surface area contributed by atoms with Crippen molar-refractivity contribution in [2.75, 3.05) is 0 Å². The first-order chi connectivity index (χ1) is 10.8. The van der Waals surface area contributed by atoms with Gasteiger partial charge in [0, 0.05) is 16.3 Å². The maximum atomic E-state index is 13.1. The minimum atomic E-state index is -3.77. The van der Waals surface area contributed by atoms with E-state index in [-0.39, 0.29) is 11.4 Å². The van der Waals surface area contributed by atoms with Crippen LogP contribution in [-0.2, 0) is 27.8 Å². The number of nitrogens with two attached hydrogens (primary N) is 1. The van der Waals surface area contributed by atoms with E-state index >= 15 is 0 Å². The van der Waals surface area contributed by atoms with Crippen LogP contribution in [-0.4, -0.2) is 24.7 Å². The summed E-state index contributed by atoms with van der Waals surface area (Å²) in [6.07, 6.45) is 0.312. The molecule has 1 aliphatic heterocycles. The molecule has 3 rings (SSSR count). The molecule has 1 atom stereocenters. The highest BCUT2D eigenvalue weighted by molar-refractivity contribution is 7.89. The molecule has 0 radical (unpaired) electrons. The summed E-state index contributed by atoms with van der Waals surface area (Å²) in [7, 11) is -3.77. The first-order valence-corrected chi connectivity index (χ1v) is 9.51. The highest BCUT2D eigenvalue weighted by Crippen LogP contribution is 2.33. The average molecular weight is 350 g/mol. The van der Waals surface area contributed by atoms with E-state index in [4.69, 9.17) is 5.73 Å². The lowest BCUT2D eigenvalue weighted by Gasteiger charge is -2.34. The molecule has 0 unspecified atom stereocenters. The standard InChI is InChI=1S/C16H18N2O3S2/c1-10-7-15(11(2)22-10)23(20,21)18-9-13-6-4-3-5-12(13)8-14(18)16(17)19/h3-7,14H,8-9H2,1-2H3,(H2,17,19)/t14-/m0/s1. The van der Waals surface area contributed by atoms with Gasteiger partial charge >= 0.3 is 0 Å². The van der Waals surface area contributed by atoms with E-state index in [9.17, 15) is 13.2 Å². The van der Waals surface area contributed by atoms with Gasteiger partial charge in [-0.1, -0.05) is 24.3 Å². The van der Waals surface area contributed by atoms with Gasteiger partial charge in [0.25, 0.3) is 0 Å². The third kappa shape index (κ3) is 2.80. The fraction of sp³-hybridized carbons (Fsp3) is 0.312. The van der Waals surface area contributed by atoms with Gasteiger partial charge in [0.05, 0.1) is 4.90 Å². The zero-order valence-electron chi connectivity index (χ0n) is 12.9. The zero-order chi connectivity index (χ0) is 16.8. The molecule has 23 heavy (non-hydrogen) atoms. The number of sulfonamides is 1. The quantitative estimate of drug-likeness (QED) is 0.919. The molecule has 0 aliphatic carbocycles. The highest BCUT2D eigenvalue weighted by Gasteiger charge is 2.39. The normalized spacial score (nSPS) is 18.6. The number of hydrogen-bond donors (Lipinski definition) is 1. The predicted molar refractivity (Wildman–Crippen MR) is 89.7 cm³/mol. The summed E-state index contributed by atoms with van der Waals surface area (Å²) in [6.45, 7) is 3.82. The van der Waals surface area contributed by atoms with Crippen LogP contribution in [0.1, 0.15) is 20.9 Å². The van der Waals surface area contributed by atoms with Crippen molar-refractivity contribution in [2.45, 2.75) is 37.8 Å². The zero-order valence-corrected chi connectivity index (χ0v) is 14.6. The van der Waals surface area contributed by atoms with Crippen LogP contribution in [0.25, 0.3) is 0 Å². The molecule has 0 saturated carbocycles. The molecule has 2 heterocycles. The van der Waals surface area contributed by atoms with Crippen LogP contribution >= 0.6 is 11.3 Å². The fourth-order valence-corrected chi connectivity index (χ4v) is 6.08. The Hall–Kier alpha value is -1.70. The molecule has 0 spiro atoms. The average Bonchev–Trinajstić information content (AvgIpc) is 2.85. The van der Waals surface area contributed by atoms with Crippen LogP contribution in [0.5, 0.6) is 0 Å². The van der Waals surface area contributed by atoms with Crippen LogP contribution in [0.4, 0.5) is 0 Å². The van der Waals surface area contributed by atoms with Crippen LogP contribution in [0, 0.1) is 13.8 Å². The summed E-state index contributed by atoms with van der Waals surface area (Å²) >= 11 is 1.43. The fourth-order valence-electron chi connectivity index (χ4n) is 2.98. The number of aryl methyl sites for hydroxylation is 2. The topological polar surface area (TPSA) is 80.5 Å². The van der Waals surface area contributed by atoms with Gasteiger partial charge in [-0.05, 0) is 37.5 Å². The second-order valence-corrected chi connectivity index (χ2v) is 9.04. The molecule has 1 amide bonds. The van der Waals surface area contributed by atoms with Crippen molar-refractivity contribution in [3.05, 3.63) is 51.2 Å². The van der Waals surface area contributed by atoms with E-state index in [1.54, 1.807) is 13.0 Å². The number of rotatable bonds is 3. The van der Waals surface area contributed by atoms with Gasteiger partial charge in [-0.25, -0.2) is 8.42 Å². The third-order valence-electron chi connectivity index (χ3n) is 4.12. The Morgan fingerprint density at radius 3 is 2.48 bits per heavy atom. The summed E-state index contributed by atoms with van der Waals surface area (Å²) in [5.74, 6) is -0.618. The Kier molecular flexibility index (Phi) is 4.03. The van der Waals surface area contributed by atoms with Crippen molar-refractivity contribution >= 4 is 27.3 Å². The number of hydrogen-bond acceptors (Lipinski definition) is 4. The minimum Gasteiger partial charge on any atom is -0.368 e. The first-order valence-electron chi connectivity index (χ1n) is 7.25. The van der Waals surface area contributed by atoms with Crippen LogP contribution in [0.3, 0.4) is 0 Å². The van der Waals surface area contributed by atoms with E-state index in [0.717, 1.165) is 20.9 Å². The highest BCUT2D eigenvalue weighted by atomic mass is 32.2. The van der Waals surface area contributed by atoms with Crippen molar-refractivity contribution in [2.24, 2.45) is 5.73 Å². The van der Waals surface area contributed by atoms with E-state index in [1.165, 1.54) is 15.6 Å². The van der Waals surface area contributed by atoms with Gasteiger partial charge in [-0.15, -0.1) is 11.3 Å². The van der Waals surface area contributed by atoms with Crippen LogP contribution in [0.15, 0.2) is 35.2 Å². The summed E-state index contributed by atoms with van der Waals surface area (Å²) in [5.41, 5.74) is 7.38. The van der Waals surface area contributed by atoms with Gasteiger partial charge in [0.15, 0.2) is 0 Å². The molecule has 7 heteroatoms. The Morgan fingerprint density at radius 2 is 1.91 bits per heavy atom. The van der Waals surface area contributed by atoms with Gasteiger partial charge in [0.2, 0.25) is 15.9 Å². The van der Waals surface area contributed by atoms with Gasteiger partial charge in [0.1, 0.15) is 6.04 Å². The summed E-state index contributed by atoms with van der Waals surface area (Å²) in [4.78, 5) is 13.8. The number of fused-ring (bicyclic) bond motifs is 1. The van der Waals surface area contributed by atoms with E-state index in [0.29, 0.717) is 6.42 Å². The van der Waals surface area contributed by atoms with Crippen molar-refractivity contribution < 1.29 is 13.2 Å². The molecule has 2 N–H and O–H groups in total. The number of carbonyl (C=O) groups excluding carboxylic acids is 1. The lowest BCUT2D eigenvalue weighted by molar-refractivity contribution is -0.122. The molecule has 122 valence electrons. The van der Waals surface area contributed by atoms with Crippen molar-refractivity contribution in [1.82, 2.24) is 4.31 Å². The maximum Gasteiger partial charge on any atom is 0.245 e. The number of benzene rings is 1. The summed E-state index contributed by atoms with van der Waals surface area (Å²) in [6, 6.07) is 8.36. The van der Waals surface area contributed by atoms with Crippen LogP contribution in [0.2, 0.25) is 0 Å². The number of thiophene rings is 1. The Labute approximate surface area is 139 Å². The smallest absolute Gasteiger partial charge is 0.245 e. The van der Waals surface area contributed by atoms with E-state index < -0.39 is 22.0 Å². The van der Waals surface area contributed by atoms with Crippen molar-refractivity contribution in [3.8, 4) is 0 Å². The molecular formula is C16H18N2O3S2. The second-order valence-electron chi connectivity index (χ2n) is 5.72. The van der Waals surface area contributed by atoms with Crippen molar-refractivity contribution in [1.29, 1.82) is 0 Å². The Bertz CT molecular complexity index is 871. The second kappa shape index (κ2) is 5.74. The number of carbonyl (C=O) groups is 1. The first kappa shape index (κ1) is 16.2. The number of amides is 1. The summed E-state index contributed by atoms with van der Waals surface area (Å²) < 4.78 is 27.4. The molecule has 1 aromatic heterocycles. The largest absolute Gasteiger partial charge is 0.368 e. The molecule has 2 aromatic rings. The minimum absolute atomic E-state index is 0.167. The molecule has 0 saturated heterocycles.